The topological polar surface area (TPSA) is 47.1 Å². The first kappa shape index (κ1) is 33.9. The highest BCUT2D eigenvalue weighted by Gasteiger charge is 2.47. The number of ether oxygens (including phenoxy) is 3. The summed E-state index contributed by atoms with van der Waals surface area (Å²) in [6, 6.07) is 59.6. The molecular formula is C51H37B2N3O3. The van der Waals surface area contributed by atoms with Gasteiger partial charge in [0.1, 0.15) is 34.6 Å². The Balaban J connectivity index is 1.14. The van der Waals surface area contributed by atoms with E-state index in [-0.39, 0.29) is 18.8 Å². The number of hydrogen-bond donors (Lipinski definition) is 0. The molecule has 4 aliphatic rings. The van der Waals surface area contributed by atoms with Gasteiger partial charge in [-0.05, 0) is 105 Å². The fourth-order valence-electron chi connectivity index (χ4n) is 9.45. The van der Waals surface area contributed by atoms with Gasteiger partial charge in [0.25, 0.3) is 13.4 Å². The molecule has 6 nitrogen and oxygen atoms in total. The molecule has 4 aliphatic heterocycles. The van der Waals surface area contributed by atoms with Gasteiger partial charge in [-0.2, -0.15) is 4.98 Å². The Morgan fingerprint density at radius 1 is 0.475 bits per heavy atom. The number of rotatable bonds is 4. The third kappa shape index (κ3) is 5.19. The van der Waals surface area contributed by atoms with Gasteiger partial charge in [-0.3, -0.25) is 4.90 Å². The fourth-order valence-corrected chi connectivity index (χ4v) is 9.45. The summed E-state index contributed by atoms with van der Waals surface area (Å²) in [5.74, 6) is 5.57. The lowest BCUT2D eigenvalue weighted by atomic mass is 9.31. The Morgan fingerprint density at radius 3 is 1.61 bits per heavy atom. The van der Waals surface area contributed by atoms with Crippen molar-refractivity contribution in [3.8, 4) is 34.6 Å². The van der Waals surface area contributed by atoms with Crippen molar-refractivity contribution in [1.82, 2.24) is 4.98 Å². The summed E-state index contributed by atoms with van der Waals surface area (Å²) in [5.41, 5.74) is 12.6. The van der Waals surface area contributed by atoms with Crippen LogP contribution in [0.2, 0.25) is 0 Å². The van der Waals surface area contributed by atoms with E-state index >= 15 is 0 Å². The molecule has 0 amide bonds. The van der Waals surface area contributed by atoms with E-state index in [2.05, 4.69) is 194 Å². The molecule has 0 saturated carbocycles. The normalized spacial score (nSPS) is 13.6. The first-order valence-electron chi connectivity index (χ1n) is 20.3. The molecule has 1 aromatic heterocycles. The molecule has 0 aliphatic carbocycles. The molecule has 12 rings (SSSR count). The SMILES string of the molecule is CC(C)(C)c1cc2c3c(c1)Oc1nc4c(cc1B3c1ccccc1O2)B1c2ccccc2Oc2cc(N(c3ccccc3)c3ccccc3)cc(c21)N4c1ccccc1. The third-order valence-corrected chi connectivity index (χ3v) is 12.2. The summed E-state index contributed by atoms with van der Waals surface area (Å²) in [7, 11) is 0. The van der Waals surface area contributed by atoms with Crippen molar-refractivity contribution in [1.29, 1.82) is 0 Å². The first-order valence-corrected chi connectivity index (χ1v) is 20.3. The first-order chi connectivity index (χ1) is 28.9. The highest BCUT2D eigenvalue weighted by Crippen LogP contribution is 2.46. The van der Waals surface area contributed by atoms with E-state index in [1.54, 1.807) is 0 Å². The van der Waals surface area contributed by atoms with Gasteiger partial charge in [-0.25, -0.2) is 0 Å². The molecular weight excluding hydrogens is 724 g/mol. The van der Waals surface area contributed by atoms with Gasteiger partial charge in [0.2, 0.25) is 5.88 Å². The predicted octanol–water partition coefficient (Wildman–Crippen LogP) is 8.98. The van der Waals surface area contributed by atoms with Crippen molar-refractivity contribution in [2.75, 3.05) is 9.80 Å². The van der Waals surface area contributed by atoms with Crippen LogP contribution in [0, 0.1) is 0 Å². The molecule has 0 spiro atoms. The van der Waals surface area contributed by atoms with Crippen molar-refractivity contribution >= 4 is 80.5 Å². The van der Waals surface area contributed by atoms with E-state index in [0.717, 1.165) is 101 Å². The monoisotopic (exact) mass is 761 g/mol. The Kier molecular flexibility index (Phi) is 7.28. The van der Waals surface area contributed by atoms with Gasteiger partial charge in [0.05, 0.1) is 5.69 Å². The third-order valence-electron chi connectivity index (χ3n) is 12.2. The molecule has 7 aromatic carbocycles. The second kappa shape index (κ2) is 12.7. The maximum atomic E-state index is 7.02. The van der Waals surface area contributed by atoms with Gasteiger partial charge in [-0.1, -0.05) is 118 Å². The highest BCUT2D eigenvalue weighted by atomic mass is 16.5. The average Bonchev–Trinajstić information content (AvgIpc) is 3.26. The summed E-state index contributed by atoms with van der Waals surface area (Å²) in [6.07, 6.45) is 0. The van der Waals surface area contributed by atoms with Crippen molar-refractivity contribution in [3.05, 3.63) is 175 Å². The van der Waals surface area contributed by atoms with E-state index in [9.17, 15) is 0 Å². The van der Waals surface area contributed by atoms with E-state index < -0.39 is 0 Å². The zero-order valence-corrected chi connectivity index (χ0v) is 32.9. The number of benzene rings is 7. The number of nitrogens with zero attached hydrogens (tertiary/aromatic N) is 3. The lowest BCUT2D eigenvalue weighted by molar-refractivity contribution is 0.448. The molecule has 8 aromatic rings. The molecule has 0 saturated heterocycles. The van der Waals surface area contributed by atoms with Crippen molar-refractivity contribution in [2.45, 2.75) is 26.2 Å². The number of anilines is 6. The van der Waals surface area contributed by atoms with Gasteiger partial charge in [0, 0.05) is 34.3 Å². The van der Waals surface area contributed by atoms with Crippen LogP contribution in [0.5, 0.6) is 34.6 Å². The molecule has 0 atom stereocenters. The minimum atomic E-state index is -0.159. The maximum Gasteiger partial charge on any atom is 0.262 e. The molecule has 0 unspecified atom stereocenters. The number of aromatic nitrogens is 1. The van der Waals surface area contributed by atoms with Crippen LogP contribution in [0.4, 0.5) is 34.3 Å². The predicted molar refractivity (Wildman–Crippen MR) is 241 cm³/mol. The van der Waals surface area contributed by atoms with E-state index in [1.807, 2.05) is 6.07 Å². The van der Waals surface area contributed by atoms with Crippen LogP contribution >= 0.6 is 0 Å². The van der Waals surface area contributed by atoms with Crippen LogP contribution in [0.1, 0.15) is 26.3 Å². The van der Waals surface area contributed by atoms with Crippen LogP contribution in [0.3, 0.4) is 0 Å². The minimum Gasteiger partial charge on any atom is -0.458 e. The summed E-state index contributed by atoms with van der Waals surface area (Å²) >= 11 is 0. The lowest BCUT2D eigenvalue weighted by Gasteiger charge is -2.41. The van der Waals surface area contributed by atoms with Crippen LogP contribution in [0.25, 0.3) is 0 Å². The van der Waals surface area contributed by atoms with E-state index in [0.29, 0.717) is 5.88 Å². The molecule has 0 N–H and O–H groups in total. The van der Waals surface area contributed by atoms with Gasteiger partial charge < -0.3 is 19.1 Å². The Morgan fingerprint density at radius 2 is 1.00 bits per heavy atom. The molecule has 0 fully saturated rings. The molecule has 59 heavy (non-hydrogen) atoms. The van der Waals surface area contributed by atoms with Gasteiger partial charge >= 0.3 is 0 Å². The van der Waals surface area contributed by atoms with Crippen LogP contribution in [-0.2, 0) is 5.41 Å². The zero-order valence-electron chi connectivity index (χ0n) is 32.9. The van der Waals surface area contributed by atoms with E-state index in [1.165, 1.54) is 0 Å². The largest absolute Gasteiger partial charge is 0.458 e. The lowest BCUT2D eigenvalue weighted by Crippen LogP contribution is -2.63. The van der Waals surface area contributed by atoms with E-state index in [4.69, 9.17) is 19.2 Å². The Hall–Kier alpha value is -7.18. The van der Waals surface area contributed by atoms with Crippen molar-refractivity contribution < 1.29 is 14.2 Å². The van der Waals surface area contributed by atoms with Crippen molar-refractivity contribution in [3.63, 3.8) is 0 Å². The quantitative estimate of drug-likeness (QED) is 0.167. The highest BCUT2D eigenvalue weighted by molar-refractivity contribution is 7.01. The van der Waals surface area contributed by atoms with Crippen LogP contribution in [0.15, 0.2) is 170 Å². The second-order valence-electron chi connectivity index (χ2n) is 16.7. The van der Waals surface area contributed by atoms with Gasteiger partial charge in [0.15, 0.2) is 0 Å². The number of pyridine rings is 1. The molecule has 8 heteroatoms. The maximum absolute atomic E-state index is 7.02. The summed E-state index contributed by atoms with van der Waals surface area (Å²) in [4.78, 5) is 10.2. The summed E-state index contributed by atoms with van der Waals surface area (Å²) < 4.78 is 20.7. The molecule has 5 heterocycles. The van der Waals surface area contributed by atoms with Crippen molar-refractivity contribution in [2.24, 2.45) is 0 Å². The fraction of sp³-hybridized carbons (Fsp3) is 0.0784. The van der Waals surface area contributed by atoms with Gasteiger partial charge in [-0.15, -0.1) is 0 Å². The van der Waals surface area contributed by atoms with Crippen LogP contribution < -0.4 is 56.8 Å². The molecule has 280 valence electrons. The minimum absolute atomic E-state index is 0.124. The Labute approximate surface area is 344 Å². The summed E-state index contributed by atoms with van der Waals surface area (Å²) in [5, 5.41) is 0. The molecule has 0 bridgehead atoms. The molecule has 0 radical (unpaired) electrons. The number of para-hydroxylation sites is 5. The number of fused-ring (bicyclic) bond motifs is 8. The number of hydrogen-bond acceptors (Lipinski definition) is 6. The second-order valence-corrected chi connectivity index (χ2v) is 16.7. The smallest absolute Gasteiger partial charge is 0.262 e. The van der Waals surface area contributed by atoms with Crippen LogP contribution in [-0.4, -0.2) is 18.4 Å². The Bertz CT molecular complexity index is 2950. The average molecular weight is 761 g/mol. The summed E-state index contributed by atoms with van der Waals surface area (Å²) in [6.45, 7) is 6.38. The zero-order chi connectivity index (χ0) is 39.4. The standard InChI is InChI=1S/C51H37B2N3O3/c1-51(2,3)32-27-44-48-45(28-32)59-50-40(53(48)38-24-14-16-26-43(38)57-44)31-39-49(54-50)56(35-21-11-6-12-22-35)41-29-36(30-46-47(41)52(39)37-23-13-15-25-42(37)58-46)55(33-17-7-4-8-18-33)34-19-9-5-10-20-34/h4-31H,1-3H3.